The molecule has 6 aromatic rings. The Morgan fingerprint density at radius 3 is 2.71 bits per heavy atom. The molecule has 6 aromatic heterocycles. The number of aromatic amines is 2. The summed E-state index contributed by atoms with van der Waals surface area (Å²) in [5, 5.41) is 14.8. The third-order valence-electron chi connectivity index (χ3n) is 7.53. The van der Waals surface area contributed by atoms with Crippen molar-refractivity contribution in [2.75, 3.05) is 18.4 Å². The van der Waals surface area contributed by atoms with E-state index in [-0.39, 0.29) is 11.7 Å². The summed E-state index contributed by atoms with van der Waals surface area (Å²) in [6, 6.07) is 7.58. The van der Waals surface area contributed by atoms with E-state index in [0.717, 1.165) is 63.9 Å². The molecule has 0 spiro atoms. The van der Waals surface area contributed by atoms with E-state index >= 15 is 0 Å². The Morgan fingerprint density at radius 1 is 1.02 bits per heavy atom. The van der Waals surface area contributed by atoms with Crippen LogP contribution in [-0.2, 0) is 4.79 Å². The number of amides is 1. The fourth-order valence-electron chi connectivity index (χ4n) is 5.36. The molecule has 1 amide bonds. The zero-order valence-electron chi connectivity index (χ0n) is 22.8. The van der Waals surface area contributed by atoms with Crippen molar-refractivity contribution in [3.05, 3.63) is 60.1 Å². The molecular formula is C30H27N9O2S. The average Bonchev–Trinajstić information content (AvgIpc) is 3.75. The summed E-state index contributed by atoms with van der Waals surface area (Å²) in [5.74, 6) is 1.02. The van der Waals surface area contributed by atoms with Gasteiger partial charge < -0.3 is 15.6 Å². The minimum Gasteiger partial charge on any atom is -0.335 e. The van der Waals surface area contributed by atoms with Crippen molar-refractivity contribution in [3.8, 4) is 33.2 Å². The Kier molecular flexibility index (Phi) is 6.76. The zero-order chi connectivity index (χ0) is 28.6. The molecule has 0 aromatic carbocycles. The first-order valence-electron chi connectivity index (χ1n) is 13.8. The number of carbonyl (C=O) groups is 2. The van der Waals surface area contributed by atoms with Crippen molar-refractivity contribution in [1.29, 1.82) is 0 Å². The summed E-state index contributed by atoms with van der Waals surface area (Å²) in [6.07, 6.45) is 11.1. The molecule has 0 aliphatic carbocycles. The SMILES string of the molecule is CC(=O)c1ccc(-c2cncc3[nH]c(-c4n[nH]c5cnc(-c6cncc(NC(=O)CC7CCNCC7)c6)cc45)nc23)s1. The van der Waals surface area contributed by atoms with Crippen LogP contribution in [0.25, 0.3) is 55.2 Å². The van der Waals surface area contributed by atoms with E-state index in [2.05, 4.69) is 40.8 Å². The van der Waals surface area contributed by atoms with Gasteiger partial charge in [-0.05, 0) is 63.0 Å². The van der Waals surface area contributed by atoms with E-state index in [9.17, 15) is 9.59 Å². The second-order valence-electron chi connectivity index (χ2n) is 10.5. The molecule has 210 valence electrons. The van der Waals surface area contributed by atoms with Crippen LogP contribution in [0.1, 0.15) is 35.9 Å². The van der Waals surface area contributed by atoms with E-state index < -0.39 is 0 Å². The summed E-state index contributed by atoms with van der Waals surface area (Å²) in [5.41, 5.74) is 5.88. The van der Waals surface area contributed by atoms with Gasteiger partial charge in [0.15, 0.2) is 11.6 Å². The Balaban J connectivity index is 1.19. The number of hydrogen-bond acceptors (Lipinski definition) is 9. The lowest BCUT2D eigenvalue weighted by Crippen LogP contribution is -2.30. The molecule has 11 nitrogen and oxygen atoms in total. The minimum atomic E-state index is 0.000178. The fourth-order valence-corrected chi connectivity index (χ4v) is 6.27. The summed E-state index contributed by atoms with van der Waals surface area (Å²) >= 11 is 1.42. The van der Waals surface area contributed by atoms with Gasteiger partial charge >= 0.3 is 0 Å². The standard InChI is InChI=1S/C30H27N9O2S/c1-16(40)25-2-3-26(42-25)21-13-33-14-24-28(21)37-30(36-24)29-20-10-22(34-15-23(20)38-39-29)18-9-19(12-32-11-18)35-27(41)8-17-4-6-31-7-5-17/h2-3,9-15,17,31H,4-8H2,1H3,(H,35,41)(H,36,37)(H,38,39). The lowest BCUT2D eigenvalue weighted by atomic mass is 9.94. The van der Waals surface area contributed by atoms with Crippen LogP contribution in [0, 0.1) is 5.92 Å². The van der Waals surface area contributed by atoms with E-state index in [1.54, 1.807) is 37.9 Å². The van der Waals surface area contributed by atoms with Crippen molar-refractivity contribution in [2.24, 2.45) is 5.92 Å². The van der Waals surface area contributed by atoms with Gasteiger partial charge in [0.1, 0.15) is 11.2 Å². The number of carbonyl (C=O) groups excluding carboxylic acids is 2. The van der Waals surface area contributed by atoms with Crippen molar-refractivity contribution in [3.63, 3.8) is 0 Å². The third kappa shape index (κ3) is 5.06. The fraction of sp³-hybridized carbons (Fsp3) is 0.233. The van der Waals surface area contributed by atoms with Crippen LogP contribution in [0.3, 0.4) is 0 Å². The average molecular weight is 578 g/mol. The molecular weight excluding hydrogens is 550 g/mol. The second-order valence-corrected chi connectivity index (χ2v) is 11.6. The molecule has 7 heterocycles. The number of anilines is 1. The number of hydrogen-bond donors (Lipinski definition) is 4. The summed E-state index contributed by atoms with van der Waals surface area (Å²) < 4.78 is 0. The minimum absolute atomic E-state index is 0.000178. The van der Waals surface area contributed by atoms with E-state index in [1.807, 2.05) is 24.3 Å². The lowest BCUT2D eigenvalue weighted by molar-refractivity contribution is -0.117. The van der Waals surface area contributed by atoms with Gasteiger partial charge in [-0.25, -0.2) is 4.98 Å². The second kappa shape index (κ2) is 10.9. The number of nitrogens with zero attached hydrogens (tertiary/aromatic N) is 5. The molecule has 1 fully saturated rings. The summed E-state index contributed by atoms with van der Waals surface area (Å²) in [7, 11) is 0. The highest BCUT2D eigenvalue weighted by Gasteiger charge is 2.19. The Morgan fingerprint density at radius 2 is 1.88 bits per heavy atom. The molecule has 0 unspecified atom stereocenters. The Labute approximate surface area is 244 Å². The molecule has 42 heavy (non-hydrogen) atoms. The maximum atomic E-state index is 12.7. The van der Waals surface area contributed by atoms with Gasteiger partial charge in [-0.1, -0.05) is 0 Å². The molecule has 0 bridgehead atoms. The predicted octanol–water partition coefficient (Wildman–Crippen LogP) is 5.22. The molecule has 0 radical (unpaired) electrons. The van der Waals surface area contributed by atoms with Crippen LogP contribution in [0.4, 0.5) is 5.69 Å². The van der Waals surface area contributed by atoms with Crippen molar-refractivity contribution >= 4 is 50.7 Å². The molecule has 12 heteroatoms. The van der Waals surface area contributed by atoms with Gasteiger partial charge in [0.05, 0.1) is 45.9 Å². The lowest BCUT2D eigenvalue weighted by Gasteiger charge is -2.21. The van der Waals surface area contributed by atoms with Gasteiger partial charge in [-0.15, -0.1) is 11.3 Å². The first kappa shape index (κ1) is 26.1. The van der Waals surface area contributed by atoms with Gasteiger partial charge in [0, 0.05) is 40.2 Å². The number of fused-ring (bicyclic) bond motifs is 2. The maximum absolute atomic E-state index is 12.7. The first-order valence-corrected chi connectivity index (χ1v) is 14.6. The number of piperidine rings is 1. The number of rotatable bonds is 7. The predicted molar refractivity (Wildman–Crippen MR) is 162 cm³/mol. The largest absolute Gasteiger partial charge is 0.335 e. The van der Waals surface area contributed by atoms with Crippen LogP contribution in [0.15, 0.2) is 55.2 Å². The van der Waals surface area contributed by atoms with Crippen molar-refractivity contribution in [1.82, 2.24) is 40.4 Å². The van der Waals surface area contributed by atoms with Crippen LogP contribution >= 0.6 is 11.3 Å². The van der Waals surface area contributed by atoms with Crippen LogP contribution in [0.2, 0.25) is 0 Å². The highest BCUT2D eigenvalue weighted by Crippen LogP contribution is 2.35. The van der Waals surface area contributed by atoms with Crippen LogP contribution in [-0.4, -0.2) is 59.9 Å². The van der Waals surface area contributed by atoms with Crippen molar-refractivity contribution < 1.29 is 9.59 Å². The number of imidazole rings is 1. The quantitative estimate of drug-likeness (QED) is 0.188. The van der Waals surface area contributed by atoms with E-state index in [1.165, 1.54) is 11.3 Å². The maximum Gasteiger partial charge on any atom is 0.224 e. The third-order valence-corrected chi connectivity index (χ3v) is 8.75. The number of H-pyrrole nitrogens is 2. The smallest absolute Gasteiger partial charge is 0.224 e. The molecule has 7 rings (SSSR count). The number of Topliss-reactive ketones (excluding diaryl/α,β-unsaturated/α-hetero) is 1. The Bertz CT molecular complexity index is 1950. The van der Waals surface area contributed by atoms with Crippen LogP contribution in [0.5, 0.6) is 0 Å². The number of thiophene rings is 1. The van der Waals surface area contributed by atoms with E-state index in [4.69, 9.17) is 4.98 Å². The van der Waals surface area contributed by atoms with Gasteiger partial charge in [0.25, 0.3) is 0 Å². The number of aromatic nitrogens is 7. The topological polar surface area (TPSA) is 154 Å². The van der Waals surface area contributed by atoms with Crippen molar-refractivity contribution in [2.45, 2.75) is 26.2 Å². The number of nitrogens with one attached hydrogen (secondary N) is 4. The zero-order valence-corrected chi connectivity index (χ0v) is 23.6. The summed E-state index contributed by atoms with van der Waals surface area (Å²) in [6.45, 7) is 3.48. The number of pyridine rings is 3. The monoisotopic (exact) mass is 577 g/mol. The number of ketones is 1. The molecule has 4 N–H and O–H groups in total. The van der Waals surface area contributed by atoms with Gasteiger partial charge in [-0.2, -0.15) is 5.10 Å². The van der Waals surface area contributed by atoms with Gasteiger partial charge in [0.2, 0.25) is 5.91 Å². The van der Waals surface area contributed by atoms with Gasteiger partial charge in [-0.3, -0.25) is 29.6 Å². The van der Waals surface area contributed by atoms with E-state index in [0.29, 0.717) is 40.1 Å². The normalized spacial score (nSPS) is 14.0. The first-order chi connectivity index (χ1) is 20.5. The molecule has 1 aliphatic heterocycles. The molecule has 0 atom stereocenters. The summed E-state index contributed by atoms with van der Waals surface area (Å²) in [4.78, 5) is 47.7. The highest BCUT2D eigenvalue weighted by atomic mass is 32.1. The molecule has 1 aliphatic rings. The highest BCUT2D eigenvalue weighted by molar-refractivity contribution is 7.17. The Hall–Kier alpha value is -4.81. The van der Waals surface area contributed by atoms with Crippen LogP contribution < -0.4 is 10.6 Å². The molecule has 1 saturated heterocycles. The molecule has 0 saturated carbocycles.